The highest BCUT2D eigenvalue weighted by Gasteiger charge is 2.35. The number of nitrogens with zero attached hydrogens (tertiary/aromatic N) is 2. The van der Waals surface area contributed by atoms with Gasteiger partial charge in [-0.15, -0.1) is 0 Å². The average molecular weight is 546 g/mol. The fourth-order valence-corrected chi connectivity index (χ4v) is 4.26. The summed E-state index contributed by atoms with van der Waals surface area (Å²) in [6.07, 6.45) is 5.82. The summed E-state index contributed by atoms with van der Waals surface area (Å²) in [6.45, 7) is 3.90. The molecule has 40 heavy (non-hydrogen) atoms. The molecule has 1 amide bonds. The van der Waals surface area contributed by atoms with Crippen molar-refractivity contribution in [2.75, 3.05) is 19.7 Å². The average Bonchev–Trinajstić information content (AvgIpc) is 3.36. The minimum Gasteiger partial charge on any atom is -0.482 e. The van der Waals surface area contributed by atoms with E-state index in [-0.39, 0.29) is 43.3 Å². The van der Waals surface area contributed by atoms with Crippen LogP contribution in [-0.4, -0.2) is 60.5 Å². The van der Waals surface area contributed by atoms with Gasteiger partial charge < -0.3 is 19.1 Å². The molecule has 0 spiro atoms. The highest BCUT2D eigenvalue weighted by atomic mass is 16.6. The lowest BCUT2D eigenvalue weighted by Crippen LogP contribution is -2.33. The summed E-state index contributed by atoms with van der Waals surface area (Å²) in [5.74, 6) is -1.18. The lowest BCUT2D eigenvalue weighted by Gasteiger charge is -2.21. The van der Waals surface area contributed by atoms with Crippen molar-refractivity contribution >= 4 is 29.8 Å². The number of carbonyl (C=O) groups excluding carboxylic acids is 4. The zero-order valence-electron chi connectivity index (χ0n) is 22.3. The van der Waals surface area contributed by atoms with E-state index in [0.29, 0.717) is 17.9 Å². The van der Waals surface area contributed by atoms with Crippen LogP contribution in [0.3, 0.4) is 0 Å². The first kappa shape index (κ1) is 28.3. The highest BCUT2D eigenvalue weighted by molar-refractivity contribution is 6.02. The van der Waals surface area contributed by atoms with E-state index in [1.54, 1.807) is 44.2 Å². The van der Waals surface area contributed by atoms with Crippen LogP contribution in [0.4, 0.5) is 4.79 Å². The van der Waals surface area contributed by atoms with E-state index in [1.165, 1.54) is 6.21 Å². The Hall–Kier alpha value is -4.73. The predicted molar refractivity (Wildman–Crippen MR) is 147 cm³/mol. The third-order valence-corrected chi connectivity index (χ3v) is 6.17. The van der Waals surface area contributed by atoms with Crippen molar-refractivity contribution in [2.45, 2.75) is 26.6 Å². The third-order valence-electron chi connectivity index (χ3n) is 6.17. The van der Waals surface area contributed by atoms with Crippen LogP contribution < -0.4 is 10.2 Å². The molecule has 0 saturated carbocycles. The molecule has 2 atom stereocenters. The smallest absolute Gasteiger partial charge is 0.428 e. The molecule has 1 heterocycles. The maximum absolute atomic E-state index is 13.0. The van der Waals surface area contributed by atoms with Crippen LogP contribution in [0.5, 0.6) is 5.75 Å². The predicted octanol–water partition coefficient (Wildman–Crippen LogP) is 3.68. The summed E-state index contributed by atoms with van der Waals surface area (Å²) < 4.78 is 15.5. The van der Waals surface area contributed by atoms with Gasteiger partial charge in [0.05, 0.1) is 24.5 Å². The van der Waals surface area contributed by atoms with Crippen molar-refractivity contribution in [3.8, 4) is 5.75 Å². The van der Waals surface area contributed by atoms with Gasteiger partial charge in [0.2, 0.25) is 0 Å². The largest absolute Gasteiger partial charge is 0.482 e. The first-order valence-corrected chi connectivity index (χ1v) is 12.9. The van der Waals surface area contributed by atoms with Gasteiger partial charge in [-0.3, -0.25) is 9.59 Å². The minimum atomic E-state index is -0.716. The van der Waals surface area contributed by atoms with E-state index < -0.39 is 18.0 Å². The van der Waals surface area contributed by atoms with Gasteiger partial charge in [0, 0.05) is 24.5 Å². The van der Waals surface area contributed by atoms with Crippen molar-refractivity contribution in [3.05, 3.63) is 89.6 Å². The number of hydrogen-bond donors (Lipinski definition) is 1. The van der Waals surface area contributed by atoms with E-state index in [0.717, 1.165) is 11.1 Å². The number of hydrazone groups is 1. The van der Waals surface area contributed by atoms with Crippen LogP contribution in [0, 0.1) is 11.8 Å². The molecule has 2 unspecified atom stereocenters. The van der Waals surface area contributed by atoms with Gasteiger partial charge in [-0.2, -0.15) is 5.10 Å². The van der Waals surface area contributed by atoms with Crippen LogP contribution >= 0.6 is 0 Å². The number of rotatable bonds is 11. The molecular formula is C30H31N3O7. The summed E-state index contributed by atoms with van der Waals surface area (Å²) in [6, 6.07) is 15.8. The van der Waals surface area contributed by atoms with Crippen molar-refractivity contribution < 1.29 is 33.4 Å². The van der Waals surface area contributed by atoms with Gasteiger partial charge in [0.25, 0.3) is 0 Å². The Bertz CT molecular complexity index is 1320. The van der Waals surface area contributed by atoms with Crippen LogP contribution in [0.1, 0.15) is 29.8 Å². The van der Waals surface area contributed by atoms with Crippen molar-refractivity contribution in [1.29, 1.82) is 0 Å². The van der Waals surface area contributed by atoms with E-state index in [9.17, 15) is 19.2 Å². The summed E-state index contributed by atoms with van der Waals surface area (Å²) in [5, 5.41) is 3.88. The van der Waals surface area contributed by atoms with Crippen LogP contribution in [0.2, 0.25) is 0 Å². The Morgan fingerprint density at radius 1 is 1.10 bits per heavy atom. The second-order valence-corrected chi connectivity index (χ2v) is 9.62. The van der Waals surface area contributed by atoms with Gasteiger partial charge >= 0.3 is 12.1 Å². The lowest BCUT2D eigenvalue weighted by molar-refractivity contribution is -0.149. The molecule has 1 N–H and O–H groups in total. The number of fused-ring (bicyclic) bond motifs is 1. The summed E-state index contributed by atoms with van der Waals surface area (Å²) in [4.78, 5) is 51.2. The van der Waals surface area contributed by atoms with E-state index >= 15 is 0 Å². The molecule has 208 valence electrons. The Balaban J connectivity index is 1.22. The van der Waals surface area contributed by atoms with E-state index in [1.807, 2.05) is 47.5 Å². The quantitative estimate of drug-likeness (QED) is 0.196. The number of ketones is 2. The zero-order valence-corrected chi connectivity index (χ0v) is 22.3. The lowest BCUT2D eigenvalue weighted by atomic mass is 9.84. The molecule has 0 fully saturated rings. The standard InChI is InChI=1S/C30H31N3O7/c1-20(2)40-28(35)19-38-25-12-10-22(11-13-25)27(34)17-33-15-24-9-8-23(29(36)26(24)16-33)14-31-32-30(37)39-18-21-6-4-3-5-7-21/h3-15,20,23,26H,16-19H2,1-2H3,(H,32,37). The first-order chi connectivity index (χ1) is 19.3. The molecule has 1 aliphatic carbocycles. The molecular weight excluding hydrogens is 514 g/mol. The van der Waals surface area contributed by atoms with Gasteiger partial charge in [0.1, 0.15) is 12.4 Å². The molecule has 10 nitrogen and oxygen atoms in total. The molecule has 2 aliphatic rings. The fourth-order valence-electron chi connectivity index (χ4n) is 4.26. The van der Waals surface area contributed by atoms with Gasteiger partial charge in [-0.05, 0) is 49.2 Å². The molecule has 0 saturated heterocycles. The van der Waals surface area contributed by atoms with E-state index in [2.05, 4.69) is 10.5 Å². The molecule has 0 aromatic heterocycles. The van der Waals surface area contributed by atoms with Crippen molar-refractivity contribution in [3.63, 3.8) is 0 Å². The Labute approximate surface area is 232 Å². The summed E-state index contributed by atoms with van der Waals surface area (Å²) in [7, 11) is 0. The summed E-state index contributed by atoms with van der Waals surface area (Å²) in [5.41, 5.74) is 4.45. The second-order valence-electron chi connectivity index (χ2n) is 9.62. The second kappa shape index (κ2) is 13.4. The molecule has 4 rings (SSSR count). The number of allylic oxidation sites excluding steroid dienone is 2. The van der Waals surface area contributed by atoms with Gasteiger partial charge in [-0.25, -0.2) is 15.0 Å². The number of hydrogen-bond acceptors (Lipinski definition) is 9. The molecule has 0 radical (unpaired) electrons. The number of esters is 1. The SMILES string of the molecule is CC(C)OC(=O)COc1ccc(C(=O)CN2C=C3C=CC(C=NNC(=O)OCc4ccccc4)C(=O)C3C2)cc1. The monoisotopic (exact) mass is 545 g/mol. The molecule has 10 heteroatoms. The Morgan fingerprint density at radius 3 is 2.58 bits per heavy atom. The third kappa shape index (κ3) is 7.89. The van der Waals surface area contributed by atoms with Crippen LogP contribution in [0.25, 0.3) is 0 Å². The maximum Gasteiger partial charge on any atom is 0.428 e. The van der Waals surface area contributed by atoms with E-state index in [4.69, 9.17) is 14.2 Å². The summed E-state index contributed by atoms with van der Waals surface area (Å²) >= 11 is 0. The normalized spacial score (nSPS) is 17.9. The Kier molecular flexibility index (Phi) is 9.45. The molecule has 2 aromatic carbocycles. The van der Waals surface area contributed by atoms with Gasteiger partial charge in [0.15, 0.2) is 18.2 Å². The number of nitrogens with one attached hydrogen (secondary N) is 1. The number of amides is 1. The number of Topliss-reactive ketones (excluding diaryl/α,β-unsaturated/α-hetero) is 2. The van der Waals surface area contributed by atoms with Crippen LogP contribution in [-0.2, 0) is 25.7 Å². The topological polar surface area (TPSA) is 124 Å². The van der Waals surface area contributed by atoms with Gasteiger partial charge in [-0.1, -0.05) is 42.5 Å². The number of ether oxygens (including phenoxy) is 3. The van der Waals surface area contributed by atoms with Crippen molar-refractivity contribution in [2.24, 2.45) is 16.9 Å². The molecule has 0 bridgehead atoms. The zero-order chi connectivity index (χ0) is 28.5. The first-order valence-electron chi connectivity index (χ1n) is 12.9. The number of benzene rings is 2. The fraction of sp³-hybridized carbons (Fsp3) is 0.300. The highest BCUT2D eigenvalue weighted by Crippen LogP contribution is 2.30. The van der Waals surface area contributed by atoms with Crippen molar-refractivity contribution in [1.82, 2.24) is 10.3 Å². The molecule has 1 aliphatic heterocycles. The maximum atomic E-state index is 13.0. The number of carbonyl (C=O) groups is 4. The minimum absolute atomic E-state index is 0.0654. The Morgan fingerprint density at radius 2 is 1.85 bits per heavy atom. The molecule has 2 aromatic rings. The van der Waals surface area contributed by atoms with Crippen LogP contribution in [0.15, 0.2) is 83.6 Å².